The molecule has 0 aliphatic carbocycles. The maximum absolute atomic E-state index is 11.9. The monoisotopic (exact) mass is 412 g/mol. The average Bonchev–Trinajstić information content (AvgIpc) is 2.77. The fraction of sp³-hybridized carbons (Fsp3) is 0.440. The molecule has 0 amide bonds. The number of carbonyl (C=O) groups is 2. The minimum atomic E-state index is -0.406. The highest BCUT2D eigenvalue weighted by atomic mass is 16.5. The molecule has 0 saturated carbocycles. The lowest BCUT2D eigenvalue weighted by Gasteiger charge is -2.08. The molecule has 0 aromatic heterocycles. The Hall–Kier alpha value is -2.82. The molecule has 0 aliphatic rings. The van der Waals surface area contributed by atoms with Crippen molar-refractivity contribution >= 4 is 11.9 Å². The van der Waals surface area contributed by atoms with Crippen LogP contribution in [0.4, 0.5) is 0 Å². The zero-order chi connectivity index (χ0) is 21.4. The first-order chi connectivity index (χ1) is 14.7. The zero-order valence-corrected chi connectivity index (χ0v) is 17.8. The molecule has 0 atom stereocenters. The Morgan fingerprint density at radius 2 is 1.30 bits per heavy atom. The molecule has 0 saturated heterocycles. The highest BCUT2D eigenvalue weighted by molar-refractivity contribution is 5.77. The standard InChI is InChI=1S/C25H32O5/c1-2-3-4-5-6-10-19-28-24(26)17-18-25(27)29-20-21-13-15-23(16-14-21)30-22-11-8-7-9-12-22/h7-9,11-16H,2-6,10,17-20H2,1H3. The smallest absolute Gasteiger partial charge is 0.306 e. The lowest BCUT2D eigenvalue weighted by Crippen LogP contribution is -2.11. The summed E-state index contributed by atoms with van der Waals surface area (Å²) in [6.07, 6.45) is 6.93. The summed E-state index contributed by atoms with van der Waals surface area (Å²) < 4.78 is 16.1. The highest BCUT2D eigenvalue weighted by Crippen LogP contribution is 2.21. The Labute approximate surface area is 179 Å². The Morgan fingerprint density at radius 1 is 0.700 bits per heavy atom. The summed E-state index contributed by atoms with van der Waals surface area (Å²) in [6.45, 7) is 2.78. The van der Waals surface area contributed by atoms with Crippen LogP contribution in [-0.2, 0) is 25.7 Å². The van der Waals surface area contributed by atoms with Crippen LogP contribution in [0.3, 0.4) is 0 Å². The molecule has 0 heterocycles. The average molecular weight is 413 g/mol. The topological polar surface area (TPSA) is 61.8 Å². The zero-order valence-electron chi connectivity index (χ0n) is 17.8. The molecule has 5 nitrogen and oxygen atoms in total. The van der Waals surface area contributed by atoms with E-state index < -0.39 is 5.97 Å². The van der Waals surface area contributed by atoms with Crippen molar-refractivity contribution in [2.75, 3.05) is 6.61 Å². The Balaban J connectivity index is 1.56. The molecule has 0 unspecified atom stereocenters. The van der Waals surface area contributed by atoms with Gasteiger partial charge in [0, 0.05) is 0 Å². The molecule has 2 aromatic rings. The molecule has 2 aromatic carbocycles. The Morgan fingerprint density at radius 3 is 2.00 bits per heavy atom. The molecule has 2 rings (SSSR count). The van der Waals surface area contributed by atoms with Gasteiger partial charge < -0.3 is 14.2 Å². The summed E-state index contributed by atoms with van der Waals surface area (Å²) >= 11 is 0. The third-order valence-electron chi connectivity index (χ3n) is 4.60. The number of esters is 2. The number of para-hydroxylation sites is 1. The van der Waals surface area contributed by atoms with Gasteiger partial charge >= 0.3 is 11.9 Å². The third-order valence-corrected chi connectivity index (χ3v) is 4.60. The molecule has 30 heavy (non-hydrogen) atoms. The van der Waals surface area contributed by atoms with E-state index in [0.717, 1.165) is 24.2 Å². The van der Waals surface area contributed by atoms with Gasteiger partial charge in [-0.15, -0.1) is 0 Å². The van der Waals surface area contributed by atoms with Gasteiger partial charge in [0.05, 0.1) is 19.4 Å². The van der Waals surface area contributed by atoms with Gasteiger partial charge in [0.1, 0.15) is 18.1 Å². The second-order valence-corrected chi connectivity index (χ2v) is 7.21. The first-order valence-corrected chi connectivity index (χ1v) is 10.8. The number of hydrogen-bond donors (Lipinski definition) is 0. The molecule has 0 aliphatic heterocycles. The van der Waals surface area contributed by atoms with Crippen LogP contribution < -0.4 is 4.74 Å². The maximum Gasteiger partial charge on any atom is 0.306 e. The normalized spacial score (nSPS) is 10.4. The minimum Gasteiger partial charge on any atom is -0.466 e. The van der Waals surface area contributed by atoms with Gasteiger partial charge in [-0.3, -0.25) is 9.59 Å². The summed E-state index contributed by atoms with van der Waals surface area (Å²) in [5, 5.41) is 0. The third kappa shape index (κ3) is 10.1. The number of benzene rings is 2. The van der Waals surface area contributed by atoms with E-state index in [1.807, 2.05) is 54.6 Å². The van der Waals surface area contributed by atoms with Gasteiger partial charge in [0.25, 0.3) is 0 Å². The number of ether oxygens (including phenoxy) is 3. The molecule has 0 fully saturated rings. The quantitative estimate of drug-likeness (QED) is 0.273. The van der Waals surface area contributed by atoms with Crippen LogP contribution >= 0.6 is 0 Å². The van der Waals surface area contributed by atoms with Crippen LogP contribution in [0.15, 0.2) is 54.6 Å². The van der Waals surface area contributed by atoms with Crippen LogP contribution in [-0.4, -0.2) is 18.5 Å². The highest BCUT2D eigenvalue weighted by Gasteiger charge is 2.09. The van der Waals surface area contributed by atoms with Crippen LogP contribution in [0.25, 0.3) is 0 Å². The largest absolute Gasteiger partial charge is 0.466 e. The predicted molar refractivity (Wildman–Crippen MR) is 116 cm³/mol. The summed E-state index contributed by atoms with van der Waals surface area (Å²) in [4.78, 5) is 23.6. The Kier molecular flexibility index (Phi) is 11.1. The van der Waals surface area contributed by atoms with E-state index in [9.17, 15) is 9.59 Å². The SMILES string of the molecule is CCCCCCCCOC(=O)CCC(=O)OCc1ccc(Oc2ccccc2)cc1. The van der Waals surface area contributed by atoms with E-state index in [-0.39, 0.29) is 25.4 Å². The summed E-state index contributed by atoms with van der Waals surface area (Å²) in [7, 11) is 0. The lowest BCUT2D eigenvalue weighted by atomic mass is 10.1. The molecular formula is C25H32O5. The lowest BCUT2D eigenvalue weighted by molar-refractivity contribution is -0.151. The first kappa shape index (κ1) is 23.5. The van der Waals surface area contributed by atoms with Crippen molar-refractivity contribution in [3.63, 3.8) is 0 Å². The van der Waals surface area contributed by atoms with Crippen molar-refractivity contribution in [1.29, 1.82) is 0 Å². The van der Waals surface area contributed by atoms with Crippen molar-refractivity contribution in [3.8, 4) is 11.5 Å². The second-order valence-electron chi connectivity index (χ2n) is 7.21. The van der Waals surface area contributed by atoms with Gasteiger partial charge in [-0.1, -0.05) is 69.4 Å². The van der Waals surface area contributed by atoms with E-state index in [1.165, 1.54) is 25.7 Å². The summed E-state index contributed by atoms with van der Waals surface area (Å²) in [6, 6.07) is 16.9. The summed E-state index contributed by atoms with van der Waals surface area (Å²) in [5.41, 5.74) is 0.856. The van der Waals surface area contributed by atoms with Gasteiger partial charge in [0.2, 0.25) is 0 Å². The molecule has 0 spiro atoms. The van der Waals surface area contributed by atoms with E-state index in [2.05, 4.69) is 6.92 Å². The van der Waals surface area contributed by atoms with Crippen LogP contribution in [0.1, 0.15) is 63.9 Å². The van der Waals surface area contributed by atoms with E-state index >= 15 is 0 Å². The predicted octanol–water partition coefficient (Wildman–Crippen LogP) is 6.21. The minimum absolute atomic E-state index is 0.0323. The van der Waals surface area contributed by atoms with Gasteiger partial charge in [0.15, 0.2) is 0 Å². The fourth-order valence-corrected chi connectivity index (χ4v) is 2.86. The van der Waals surface area contributed by atoms with Crippen molar-refractivity contribution in [3.05, 3.63) is 60.2 Å². The molecule has 0 N–H and O–H groups in total. The molecular weight excluding hydrogens is 380 g/mol. The molecule has 0 radical (unpaired) electrons. The fourth-order valence-electron chi connectivity index (χ4n) is 2.86. The van der Waals surface area contributed by atoms with Gasteiger partial charge in [-0.2, -0.15) is 0 Å². The van der Waals surface area contributed by atoms with Crippen molar-refractivity contribution in [2.45, 2.75) is 64.9 Å². The van der Waals surface area contributed by atoms with E-state index in [0.29, 0.717) is 12.4 Å². The summed E-state index contributed by atoms with van der Waals surface area (Å²) in [5.74, 6) is 0.725. The molecule has 0 bridgehead atoms. The van der Waals surface area contributed by atoms with Gasteiger partial charge in [-0.25, -0.2) is 0 Å². The van der Waals surface area contributed by atoms with E-state index in [4.69, 9.17) is 14.2 Å². The number of rotatable bonds is 14. The van der Waals surface area contributed by atoms with Crippen LogP contribution in [0.5, 0.6) is 11.5 Å². The number of carbonyl (C=O) groups excluding carboxylic acids is 2. The van der Waals surface area contributed by atoms with Crippen LogP contribution in [0, 0.1) is 0 Å². The second kappa shape index (κ2) is 14.2. The van der Waals surface area contributed by atoms with Crippen LogP contribution in [0.2, 0.25) is 0 Å². The Bertz CT molecular complexity index is 740. The molecule has 5 heteroatoms. The van der Waals surface area contributed by atoms with Gasteiger partial charge in [-0.05, 0) is 36.2 Å². The van der Waals surface area contributed by atoms with Crippen molar-refractivity contribution in [2.24, 2.45) is 0 Å². The van der Waals surface area contributed by atoms with Crippen molar-refractivity contribution in [1.82, 2.24) is 0 Å². The van der Waals surface area contributed by atoms with E-state index in [1.54, 1.807) is 0 Å². The number of hydrogen-bond acceptors (Lipinski definition) is 5. The number of unbranched alkanes of at least 4 members (excludes halogenated alkanes) is 5. The molecule has 162 valence electrons. The maximum atomic E-state index is 11.9. The first-order valence-electron chi connectivity index (χ1n) is 10.8. The van der Waals surface area contributed by atoms with Crippen molar-refractivity contribution < 1.29 is 23.8 Å².